The highest BCUT2D eigenvalue weighted by Crippen LogP contribution is 2.31. The molecule has 0 aliphatic heterocycles. The van der Waals surface area contributed by atoms with Gasteiger partial charge in [-0.25, -0.2) is 9.97 Å². The number of benzene rings is 3. The van der Waals surface area contributed by atoms with Gasteiger partial charge in [-0.3, -0.25) is 0 Å². The van der Waals surface area contributed by atoms with Gasteiger partial charge < -0.3 is 16.4 Å². The van der Waals surface area contributed by atoms with E-state index in [0.717, 1.165) is 16.8 Å². The highest BCUT2D eigenvalue weighted by Gasteiger charge is 2.17. The van der Waals surface area contributed by atoms with Gasteiger partial charge in [0.25, 0.3) is 0 Å². The van der Waals surface area contributed by atoms with E-state index in [-0.39, 0.29) is 6.04 Å². The molecule has 0 aliphatic rings. The second-order valence-corrected chi connectivity index (χ2v) is 7.31. The molecule has 0 radical (unpaired) electrons. The van der Waals surface area contributed by atoms with Gasteiger partial charge in [-0.15, -0.1) is 0 Å². The summed E-state index contributed by atoms with van der Waals surface area (Å²) in [6.45, 7) is 4.18. The van der Waals surface area contributed by atoms with Crippen LogP contribution >= 0.6 is 0 Å². The molecule has 0 fully saturated rings. The van der Waals surface area contributed by atoms with Gasteiger partial charge in [0.15, 0.2) is 11.6 Å². The van der Waals surface area contributed by atoms with Gasteiger partial charge in [0.05, 0.1) is 6.04 Å². The zero-order chi connectivity index (χ0) is 20.9. The molecule has 5 heteroatoms. The standard InChI is InChI=1S/C25H25N5/c1-17-13-14-21(15-18(17)2)29-24-22(26)25(28-16-27-24)30-23(19-9-5-3-6-10-19)20-11-7-4-8-12-20/h3-16,23H,26H2,1-2H3,(H2,27,28,29,30). The first-order valence-electron chi connectivity index (χ1n) is 9.93. The van der Waals surface area contributed by atoms with Gasteiger partial charge in [-0.05, 0) is 48.2 Å². The van der Waals surface area contributed by atoms with Crippen molar-refractivity contribution in [3.05, 3.63) is 107 Å². The molecular weight excluding hydrogens is 370 g/mol. The smallest absolute Gasteiger partial charge is 0.159 e. The molecule has 0 aliphatic carbocycles. The van der Waals surface area contributed by atoms with Gasteiger partial charge in [-0.1, -0.05) is 66.7 Å². The molecule has 4 N–H and O–H groups in total. The Hall–Kier alpha value is -3.86. The summed E-state index contributed by atoms with van der Waals surface area (Å²) in [5.41, 5.74) is 12.6. The number of nitrogens with two attached hydrogens (primary N) is 1. The third-order valence-corrected chi connectivity index (χ3v) is 5.20. The average Bonchev–Trinajstić information content (AvgIpc) is 2.78. The number of hydrogen-bond donors (Lipinski definition) is 3. The van der Waals surface area contributed by atoms with E-state index in [0.29, 0.717) is 17.3 Å². The lowest BCUT2D eigenvalue weighted by Crippen LogP contribution is -2.15. The fraction of sp³-hybridized carbons (Fsp3) is 0.120. The molecule has 3 aromatic carbocycles. The first-order valence-corrected chi connectivity index (χ1v) is 9.93. The maximum Gasteiger partial charge on any atom is 0.159 e. The van der Waals surface area contributed by atoms with E-state index in [1.54, 1.807) is 0 Å². The van der Waals surface area contributed by atoms with Crippen molar-refractivity contribution >= 4 is 23.0 Å². The molecule has 4 rings (SSSR count). The molecule has 0 saturated carbocycles. The quantitative estimate of drug-likeness (QED) is 0.395. The van der Waals surface area contributed by atoms with Crippen LogP contribution in [0.4, 0.5) is 23.0 Å². The predicted molar refractivity (Wildman–Crippen MR) is 124 cm³/mol. The minimum absolute atomic E-state index is 0.0842. The summed E-state index contributed by atoms with van der Waals surface area (Å²) in [5, 5.41) is 6.83. The predicted octanol–water partition coefficient (Wildman–Crippen LogP) is 5.62. The second kappa shape index (κ2) is 8.66. The normalized spacial score (nSPS) is 10.8. The van der Waals surface area contributed by atoms with Crippen molar-refractivity contribution in [3.8, 4) is 0 Å². The Balaban J connectivity index is 1.66. The average molecular weight is 396 g/mol. The number of aryl methyl sites for hydroxylation is 2. The van der Waals surface area contributed by atoms with Crippen LogP contribution in [0.15, 0.2) is 85.2 Å². The third-order valence-electron chi connectivity index (χ3n) is 5.20. The molecular formula is C25H25N5. The molecule has 1 heterocycles. The fourth-order valence-electron chi connectivity index (χ4n) is 3.35. The van der Waals surface area contributed by atoms with Crippen molar-refractivity contribution in [1.82, 2.24) is 9.97 Å². The van der Waals surface area contributed by atoms with Crippen LogP contribution in [0.1, 0.15) is 28.3 Å². The molecule has 0 amide bonds. The van der Waals surface area contributed by atoms with Crippen molar-refractivity contribution < 1.29 is 0 Å². The van der Waals surface area contributed by atoms with Gasteiger partial charge in [-0.2, -0.15) is 0 Å². The van der Waals surface area contributed by atoms with E-state index < -0.39 is 0 Å². The molecule has 30 heavy (non-hydrogen) atoms. The van der Waals surface area contributed by atoms with Gasteiger partial charge in [0.2, 0.25) is 0 Å². The Labute approximate surface area is 177 Å². The van der Waals surface area contributed by atoms with Gasteiger partial charge >= 0.3 is 0 Å². The molecule has 1 aromatic heterocycles. The Bertz CT molecular complexity index is 1090. The van der Waals surface area contributed by atoms with E-state index in [1.165, 1.54) is 17.5 Å². The Morgan fingerprint density at radius 2 is 1.33 bits per heavy atom. The summed E-state index contributed by atoms with van der Waals surface area (Å²) in [5.74, 6) is 1.17. The number of nitrogens with zero attached hydrogens (tertiary/aromatic N) is 2. The fourth-order valence-corrected chi connectivity index (χ4v) is 3.35. The van der Waals surface area contributed by atoms with Crippen LogP contribution in [-0.4, -0.2) is 9.97 Å². The van der Waals surface area contributed by atoms with E-state index in [1.807, 2.05) is 42.5 Å². The van der Waals surface area contributed by atoms with E-state index >= 15 is 0 Å². The van der Waals surface area contributed by atoms with Crippen molar-refractivity contribution in [2.45, 2.75) is 19.9 Å². The summed E-state index contributed by atoms with van der Waals surface area (Å²) in [6.07, 6.45) is 1.52. The first-order chi connectivity index (χ1) is 14.6. The van der Waals surface area contributed by atoms with Crippen LogP contribution in [-0.2, 0) is 0 Å². The molecule has 0 unspecified atom stereocenters. The molecule has 0 atom stereocenters. The molecule has 0 bridgehead atoms. The molecule has 4 aromatic rings. The maximum atomic E-state index is 6.45. The number of hydrogen-bond acceptors (Lipinski definition) is 5. The summed E-state index contributed by atoms with van der Waals surface area (Å²) in [6, 6.07) is 26.6. The zero-order valence-corrected chi connectivity index (χ0v) is 17.1. The number of nitrogens with one attached hydrogen (secondary N) is 2. The SMILES string of the molecule is Cc1ccc(Nc2ncnc(NC(c3ccccc3)c3ccccc3)c2N)cc1C. The first kappa shape index (κ1) is 19.5. The second-order valence-electron chi connectivity index (χ2n) is 7.31. The van der Waals surface area contributed by atoms with Crippen LogP contribution in [0.5, 0.6) is 0 Å². The number of anilines is 4. The maximum absolute atomic E-state index is 6.45. The monoisotopic (exact) mass is 395 g/mol. The highest BCUT2D eigenvalue weighted by molar-refractivity contribution is 5.78. The van der Waals surface area contributed by atoms with Gasteiger partial charge in [0, 0.05) is 5.69 Å². The number of aromatic nitrogens is 2. The van der Waals surface area contributed by atoms with E-state index in [9.17, 15) is 0 Å². The lowest BCUT2D eigenvalue weighted by Gasteiger charge is -2.22. The van der Waals surface area contributed by atoms with E-state index in [2.05, 4.69) is 70.8 Å². The van der Waals surface area contributed by atoms with E-state index in [4.69, 9.17) is 5.73 Å². The minimum atomic E-state index is -0.0842. The van der Waals surface area contributed by atoms with Crippen LogP contribution in [0, 0.1) is 13.8 Å². The number of nitrogen functional groups attached to an aromatic ring is 1. The molecule has 150 valence electrons. The summed E-state index contributed by atoms with van der Waals surface area (Å²) >= 11 is 0. The van der Waals surface area contributed by atoms with Crippen molar-refractivity contribution in [2.24, 2.45) is 0 Å². The van der Waals surface area contributed by atoms with Crippen LogP contribution < -0.4 is 16.4 Å². The molecule has 5 nitrogen and oxygen atoms in total. The van der Waals surface area contributed by atoms with Crippen LogP contribution in [0.25, 0.3) is 0 Å². The van der Waals surface area contributed by atoms with Crippen LogP contribution in [0.2, 0.25) is 0 Å². The lowest BCUT2D eigenvalue weighted by molar-refractivity contribution is 0.924. The van der Waals surface area contributed by atoms with Crippen molar-refractivity contribution in [1.29, 1.82) is 0 Å². The zero-order valence-electron chi connectivity index (χ0n) is 17.1. The van der Waals surface area contributed by atoms with Gasteiger partial charge in [0.1, 0.15) is 12.0 Å². The highest BCUT2D eigenvalue weighted by atomic mass is 15.1. The van der Waals surface area contributed by atoms with Crippen molar-refractivity contribution in [3.63, 3.8) is 0 Å². The third kappa shape index (κ3) is 4.25. The topological polar surface area (TPSA) is 75.9 Å². The largest absolute Gasteiger partial charge is 0.393 e. The molecule has 0 saturated heterocycles. The summed E-state index contributed by atoms with van der Waals surface area (Å²) in [7, 11) is 0. The Morgan fingerprint density at radius 3 is 1.93 bits per heavy atom. The summed E-state index contributed by atoms with van der Waals surface area (Å²) < 4.78 is 0. The Kier molecular flexibility index (Phi) is 5.61. The summed E-state index contributed by atoms with van der Waals surface area (Å²) in [4.78, 5) is 8.77. The Morgan fingerprint density at radius 1 is 0.733 bits per heavy atom. The minimum Gasteiger partial charge on any atom is -0.393 e. The molecule has 0 spiro atoms. The number of rotatable bonds is 6. The van der Waals surface area contributed by atoms with Crippen LogP contribution in [0.3, 0.4) is 0 Å². The lowest BCUT2D eigenvalue weighted by atomic mass is 9.99. The van der Waals surface area contributed by atoms with Crippen molar-refractivity contribution in [2.75, 3.05) is 16.4 Å².